The Hall–Kier alpha value is -3.15. The van der Waals surface area contributed by atoms with Crippen LogP contribution in [0.1, 0.15) is 44.5 Å². The number of amides is 1. The van der Waals surface area contributed by atoms with Crippen LogP contribution in [0, 0.1) is 0 Å². The molecule has 1 aliphatic carbocycles. The van der Waals surface area contributed by atoms with Gasteiger partial charge in [-0.3, -0.25) is 24.2 Å². The summed E-state index contributed by atoms with van der Waals surface area (Å²) in [5.74, 6) is -1.96. The lowest BCUT2D eigenvalue weighted by atomic mass is 9.83. The van der Waals surface area contributed by atoms with Crippen LogP contribution in [0.2, 0.25) is 0 Å². The molecule has 0 unspecified atom stereocenters. The van der Waals surface area contributed by atoms with Crippen molar-refractivity contribution in [3.8, 4) is 0 Å². The van der Waals surface area contributed by atoms with Gasteiger partial charge in [0.25, 0.3) is 5.91 Å². The molecular formula is C17H12N2O4. The summed E-state index contributed by atoms with van der Waals surface area (Å²) < 4.78 is 0. The van der Waals surface area contributed by atoms with Crippen LogP contribution in [0.5, 0.6) is 0 Å². The largest absolute Gasteiger partial charge is 0.344 e. The van der Waals surface area contributed by atoms with Crippen LogP contribution in [0.15, 0.2) is 36.5 Å². The van der Waals surface area contributed by atoms with Gasteiger partial charge < -0.3 is 5.32 Å². The van der Waals surface area contributed by atoms with Crippen LogP contribution in [0.4, 0.5) is 0 Å². The summed E-state index contributed by atoms with van der Waals surface area (Å²) in [7, 11) is 0. The smallest absolute Gasteiger partial charge is 0.287 e. The maximum absolute atomic E-state index is 12.7. The molecule has 0 fully saturated rings. The van der Waals surface area contributed by atoms with Crippen molar-refractivity contribution in [3.63, 3.8) is 0 Å². The van der Waals surface area contributed by atoms with Crippen LogP contribution in [0.25, 0.3) is 0 Å². The Morgan fingerprint density at radius 3 is 2.30 bits per heavy atom. The third kappa shape index (κ3) is 2.44. The van der Waals surface area contributed by atoms with E-state index in [1.165, 1.54) is 12.3 Å². The lowest BCUT2D eigenvalue weighted by Gasteiger charge is -2.19. The van der Waals surface area contributed by atoms with E-state index in [1.807, 2.05) is 0 Å². The molecule has 0 bridgehead atoms. The first-order valence-corrected chi connectivity index (χ1v) is 6.95. The summed E-state index contributed by atoms with van der Waals surface area (Å²) in [5, 5.41) is 2.39. The second-order valence-electron chi connectivity index (χ2n) is 5.12. The molecule has 1 heterocycles. The van der Waals surface area contributed by atoms with Gasteiger partial charge in [-0.2, -0.15) is 0 Å². The highest BCUT2D eigenvalue weighted by Gasteiger charge is 2.31. The minimum Gasteiger partial charge on any atom is -0.344 e. The first-order chi connectivity index (χ1) is 11.0. The Balaban J connectivity index is 2.04. The fraction of sp³-hybridized carbons (Fsp3) is 0.118. The van der Waals surface area contributed by atoms with Crippen molar-refractivity contribution in [2.24, 2.45) is 0 Å². The van der Waals surface area contributed by atoms with E-state index in [0.717, 1.165) is 6.92 Å². The molecule has 1 amide bonds. The number of carbonyl (C=O) groups excluding carboxylic acids is 4. The quantitative estimate of drug-likeness (QED) is 0.730. The Bertz CT molecular complexity index is 871. The second-order valence-corrected chi connectivity index (χ2v) is 5.12. The summed E-state index contributed by atoms with van der Waals surface area (Å²) in [6.07, 6.45) is 1.41. The van der Waals surface area contributed by atoms with Crippen molar-refractivity contribution in [2.75, 3.05) is 0 Å². The lowest BCUT2D eigenvalue weighted by molar-refractivity contribution is -0.136. The number of benzene rings is 1. The van der Waals surface area contributed by atoms with E-state index in [2.05, 4.69) is 10.3 Å². The number of pyridine rings is 1. The van der Waals surface area contributed by atoms with Crippen molar-refractivity contribution < 1.29 is 19.2 Å². The first-order valence-electron chi connectivity index (χ1n) is 6.95. The Labute approximate surface area is 131 Å². The fourth-order valence-electron chi connectivity index (χ4n) is 2.53. The molecule has 1 aromatic carbocycles. The molecule has 0 spiro atoms. The number of fused-ring (bicyclic) bond motifs is 2. The van der Waals surface area contributed by atoms with Crippen molar-refractivity contribution in [1.29, 1.82) is 0 Å². The van der Waals surface area contributed by atoms with Crippen molar-refractivity contribution in [1.82, 2.24) is 10.3 Å². The zero-order chi connectivity index (χ0) is 16.6. The van der Waals surface area contributed by atoms with Crippen LogP contribution in [-0.2, 0) is 16.1 Å². The van der Waals surface area contributed by atoms with Crippen LogP contribution < -0.4 is 5.32 Å². The molecule has 6 heteroatoms. The number of hydrogen-bond donors (Lipinski definition) is 1. The summed E-state index contributed by atoms with van der Waals surface area (Å²) in [6, 6.07) is 8.06. The zero-order valence-corrected chi connectivity index (χ0v) is 12.3. The van der Waals surface area contributed by atoms with Gasteiger partial charge in [0.15, 0.2) is 11.6 Å². The van der Waals surface area contributed by atoms with Crippen molar-refractivity contribution in [2.45, 2.75) is 13.5 Å². The van der Waals surface area contributed by atoms with E-state index in [0.29, 0.717) is 11.1 Å². The van der Waals surface area contributed by atoms with E-state index in [1.54, 1.807) is 24.3 Å². The average molecular weight is 308 g/mol. The topological polar surface area (TPSA) is 93.2 Å². The molecule has 1 aromatic heterocycles. The summed E-state index contributed by atoms with van der Waals surface area (Å²) >= 11 is 0. The molecular weight excluding hydrogens is 296 g/mol. The highest BCUT2D eigenvalue weighted by atomic mass is 16.2. The van der Waals surface area contributed by atoms with Crippen LogP contribution >= 0.6 is 0 Å². The molecule has 0 atom stereocenters. The molecule has 0 saturated heterocycles. The number of hydrogen-bond acceptors (Lipinski definition) is 5. The van der Waals surface area contributed by atoms with Gasteiger partial charge in [-0.15, -0.1) is 0 Å². The molecule has 0 radical (unpaired) electrons. The van der Waals surface area contributed by atoms with E-state index < -0.39 is 11.7 Å². The molecule has 6 nitrogen and oxygen atoms in total. The molecule has 2 aromatic rings. The van der Waals surface area contributed by atoms with Gasteiger partial charge in [-0.25, -0.2) is 0 Å². The normalized spacial score (nSPS) is 12.4. The standard InChI is InChI=1S/C17H12N2O4/c1-9(20)17(23)19-8-13-14-12(6-7-18-13)15(21)10-4-2-3-5-11(10)16(14)22/h2-7H,8H2,1H3,(H,19,23). The van der Waals surface area contributed by atoms with Gasteiger partial charge >= 0.3 is 0 Å². The Kier molecular flexibility index (Phi) is 3.57. The highest BCUT2D eigenvalue weighted by molar-refractivity contribution is 6.35. The maximum atomic E-state index is 12.7. The predicted octanol–water partition coefficient (Wildman–Crippen LogP) is 1.06. The van der Waals surface area contributed by atoms with Crippen molar-refractivity contribution in [3.05, 3.63) is 64.5 Å². The number of rotatable bonds is 3. The van der Waals surface area contributed by atoms with E-state index in [9.17, 15) is 19.2 Å². The van der Waals surface area contributed by atoms with Gasteiger partial charge in [-0.1, -0.05) is 24.3 Å². The minimum atomic E-state index is -0.764. The lowest BCUT2D eigenvalue weighted by Crippen LogP contribution is -2.31. The number of ketones is 3. The van der Waals surface area contributed by atoms with Gasteiger partial charge in [-0.05, 0) is 6.07 Å². The second kappa shape index (κ2) is 5.57. The minimum absolute atomic E-state index is 0.0945. The molecule has 0 aliphatic heterocycles. The number of nitrogens with zero attached hydrogens (tertiary/aromatic N) is 1. The summed E-state index contributed by atoms with van der Waals surface area (Å²) in [6.45, 7) is 1.05. The molecule has 1 N–H and O–H groups in total. The van der Waals surface area contributed by atoms with Crippen LogP contribution in [-0.4, -0.2) is 28.2 Å². The summed E-state index contributed by atoms with van der Waals surface area (Å²) in [5.41, 5.74) is 1.38. The number of Topliss-reactive ketones (excluding diaryl/α,β-unsaturated/α-hetero) is 1. The summed E-state index contributed by atoms with van der Waals surface area (Å²) in [4.78, 5) is 51.7. The number of carbonyl (C=O) groups is 4. The Morgan fingerprint density at radius 1 is 1.00 bits per heavy atom. The third-order valence-electron chi connectivity index (χ3n) is 3.65. The predicted molar refractivity (Wildman–Crippen MR) is 80.1 cm³/mol. The molecule has 23 heavy (non-hydrogen) atoms. The molecule has 1 aliphatic rings. The molecule has 3 rings (SSSR count). The third-order valence-corrected chi connectivity index (χ3v) is 3.65. The fourth-order valence-corrected chi connectivity index (χ4v) is 2.53. The monoisotopic (exact) mass is 308 g/mol. The van der Waals surface area contributed by atoms with Gasteiger partial charge in [0.05, 0.1) is 17.8 Å². The zero-order valence-electron chi connectivity index (χ0n) is 12.3. The SMILES string of the molecule is CC(=O)C(=O)NCc1nccc2c1C(=O)c1ccccc1C2=O. The number of aromatic nitrogens is 1. The van der Waals surface area contributed by atoms with Crippen LogP contribution in [0.3, 0.4) is 0 Å². The van der Waals surface area contributed by atoms with Gasteiger partial charge in [0.2, 0.25) is 5.78 Å². The van der Waals surface area contributed by atoms with Crippen molar-refractivity contribution >= 4 is 23.3 Å². The van der Waals surface area contributed by atoms with Gasteiger partial charge in [0.1, 0.15) is 0 Å². The van der Waals surface area contributed by atoms with E-state index in [4.69, 9.17) is 0 Å². The highest BCUT2D eigenvalue weighted by Crippen LogP contribution is 2.28. The van der Waals surface area contributed by atoms with E-state index >= 15 is 0 Å². The first kappa shape index (κ1) is 14.8. The van der Waals surface area contributed by atoms with E-state index in [-0.39, 0.29) is 34.9 Å². The molecule has 114 valence electrons. The Morgan fingerprint density at radius 2 is 1.65 bits per heavy atom. The number of nitrogens with one attached hydrogen (secondary N) is 1. The average Bonchev–Trinajstić information content (AvgIpc) is 2.57. The molecule has 0 saturated carbocycles. The van der Waals surface area contributed by atoms with Gasteiger partial charge in [0, 0.05) is 29.8 Å². The maximum Gasteiger partial charge on any atom is 0.287 e.